The zero-order valence-electron chi connectivity index (χ0n) is 10.9. The van der Waals surface area contributed by atoms with Crippen LogP contribution in [0.5, 0.6) is 0 Å². The lowest BCUT2D eigenvalue weighted by atomic mass is 10.1. The molecule has 0 saturated heterocycles. The van der Waals surface area contributed by atoms with Gasteiger partial charge in [0.1, 0.15) is 4.90 Å². The van der Waals surface area contributed by atoms with Crippen molar-refractivity contribution in [3.8, 4) is 0 Å². The number of aromatic nitrogens is 2. The van der Waals surface area contributed by atoms with E-state index in [-0.39, 0.29) is 10.9 Å². The van der Waals surface area contributed by atoms with Crippen molar-refractivity contribution in [2.45, 2.75) is 31.2 Å². The second-order valence-electron chi connectivity index (χ2n) is 4.37. The van der Waals surface area contributed by atoms with Crippen LogP contribution in [-0.4, -0.2) is 18.6 Å². The number of H-pyrrole nitrogens is 1. The average Bonchev–Trinajstić information content (AvgIpc) is 2.93. The Morgan fingerprint density at radius 3 is 2.53 bits per heavy atom. The van der Waals surface area contributed by atoms with Gasteiger partial charge < -0.3 is 0 Å². The van der Waals surface area contributed by atoms with E-state index in [9.17, 15) is 8.42 Å². The highest BCUT2D eigenvalue weighted by Gasteiger charge is 2.19. The summed E-state index contributed by atoms with van der Waals surface area (Å²) >= 11 is 0. The Morgan fingerprint density at radius 2 is 2.00 bits per heavy atom. The summed E-state index contributed by atoms with van der Waals surface area (Å²) in [5.41, 5.74) is 2.16. The number of aromatic amines is 1. The smallest absolute Gasteiger partial charge is 0.244 e. The molecule has 0 aliphatic heterocycles. The third-order valence-electron chi connectivity index (χ3n) is 3.00. The maximum Gasteiger partial charge on any atom is 0.244 e. The van der Waals surface area contributed by atoms with E-state index >= 15 is 0 Å². The molecule has 0 bridgehead atoms. The molecule has 1 aromatic carbocycles. The van der Waals surface area contributed by atoms with Crippen molar-refractivity contribution in [1.82, 2.24) is 14.9 Å². The van der Waals surface area contributed by atoms with Gasteiger partial charge >= 0.3 is 0 Å². The van der Waals surface area contributed by atoms with Crippen LogP contribution in [-0.2, 0) is 16.4 Å². The van der Waals surface area contributed by atoms with Crippen LogP contribution >= 0.6 is 0 Å². The Kier molecular flexibility index (Phi) is 4.01. The number of sulfonamides is 1. The van der Waals surface area contributed by atoms with Gasteiger partial charge in [0, 0.05) is 12.2 Å². The third-order valence-corrected chi connectivity index (χ3v) is 4.51. The van der Waals surface area contributed by atoms with Crippen LogP contribution in [0.1, 0.15) is 31.0 Å². The summed E-state index contributed by atoms with van der Waals surface area (Å²) in [6.07, 6.45) is 3.61. The molecule has 2 aromatic rings. The van der Waals surface area contributed by atoms with Gasteiger partial charge in [-0.2, -0.15) is 5.10 Å². The molecule has 1 aromatic heterocycles. The van der Waals surface area contributed by atoms with Crippen molar-refractivity contribution < 1.29 is 8.42 Å². The predicted octanol–water partition coefficient (Wildman–Crippen LogP) is 2.01. The van der Waals surface area contributed by atoms with Crippen LogP contribution in [0.15, 0.2) is 41.6 Å². The number of rotatable bonds is 5. The fraction of sp³-hybridized carbons (Fsp3) is 0.308. The highest BCUT2D eigenvalue weighted by molar-refractivity contribution is 7.89. The zero-order chi connectivity index (χ0) is 13.9. The van der Waals surface area contributed by atoms with Crippen molar-refractivity contribution >= 4 is 10.0 Å². The first-order chi connectivity index (χ1) is 9.03. The molecule has 5 nitrogen and oxygen atoms in total. The molecular formula is C13H17N3O2S. The van der Waals surface area contributed by atoms with Gasteiger partial charge in [0.25, 0.3) is 0 Å². The third kappa shape index (κ3) is 3.21. The molecule has 1 unspecified atom stereocenters. The molecule has 0 aliphatic rings. The Hall–Kier alpha value is -1.66. The highest BCUT2D eigenvalue weighted by Crippen LogP contribution is 2.17. The zero-order valence-corrected chi connectivity index (χ0v) is 11.7. The number of benzene rings is 1. The molecule has 2 rings (SSSR count). The fourth-order valence-electron chi connectivity index (χ4n) is 1.80. The van der Waals surface area contributed by atoms with Gasteiger partial charge in [0.05, 0.1) is 6.20 Å². The number of hydrogen-bond donors (Lipinski definition) is 2. The first kappa shape index (κ1) is 13.8. The van der Waals surface area contributed by atoms with Crippen LogP contribution in [0.4, 0.5) is 0 Å². The van der Waals surface area contributed by atoms with Gasteiger partial charge in [-0.1, -0.05) is 31.2 Å². The molecule has 102 valence electrons. The molecule has 0 fully saturated rings. The Bertz CT molecular complexity index is 618. The summed E-state index contributed by atoms with van der Waals surface area (Å²) in [4.78, 5) is 0.143. The van der Waals surface area contributed by atoms with E-state index in [1.807, 2.05) is 31.2 Å². The molecule has 6 heteroatoms. The largest absolute Gasteiger partial charge is 0.284 e. The average molecular weight is 279 g/mol. The minimum absolute atomic E-state index is 0.143. The number of nitrogens with zero attached hydrogens (tertiary/aromatic N) is 1. The Balaban J connectivity index is 2.14. The van der Waals surface area contributed by atoms with Gasteiger partial charge in [-0.15, -0.1) is 0 Å². The second kappa shape index (κ2) is 5.54. The summed E-state index contributed by atoms with van der Waals surface area (Å²) in [7, 11) is -3.52. The maximum atomic E-state index is 12.0. The van der Waals surface area contributed by atoms with E-state index < -0.39 is 10.0 Å². The van der Waals surface area contributed by atoms with E-state index in [4.69, 9.17) is 0 Å². The molecule has 0 spiro atoms. The lowest BCUT2D eigenvalue weighted by molar-refractivity contribution is 0.567. The first-order valence-electron chi connectivity index (χ1n) is 6.13. The van der Waals surface area contributed by atoms with Crippen molar-refractivity contribution in [2.75, 3.05) is 0 Å². The summed E-state index contributed by atoms with van der Waals surface area (Å²) in [6.45, 7) is 3.90. The lowest BCUT2D eigenvalue weighted by Gasteiger charge is -2.14. The van der Waals surface area contributed by atoms with E-state index in [1.54, 1.807) is 0 Å². The molecular weight excluding hydrogens is 262 g/mol. The summed E-state index contributed by atoms with van der Waals surface area (Å²) < 4.78 is 26.7. The minimum atomic E-state index is -3.52. The van der Waals surface area contributed by atoms with Crippen molar-refractivity contribution in [3.63, 3.8) is 0 Å². The van der Waals surface area contributed by atoms with Crippen LogP contribution in [0, 0.1) is 0 Å². The number of aryl methyl sites for hydroxylation is 1. The molecule has 1 heterocycles. The van der Waals surface area contributed by atoms with Crippen molar-refractivity contribution in [3.05, 3.63) is 47.8 Å². The molecule has 0 aliphatic carbocycles. The van der Waals surface area contributed by atoms with Crippen LogP contribution < -0.4 is 4.72 Å². The van der Waals surface area contributed by atoms with E-state index in [1.165, 1.54) is 18.0 Å². The Morgan fingerprint density at radius 1 is 1.32 bits per heavy atom. The lowest BCUT2D eigenvalue weighted by Crippen LogP contribution is -2.26. The Labute approximate surface area is 113 Å². The quantitative estimate of drug-likeness (QED) is 0.879. The molecule has 1 atom stereocenters. The first-order valence-corrected chi connectivity index (χ1v) is 7.61. The number of nitrogens with one attached hydrogen (secondary N) is 2. The fourth-order valence-corrected chi connectivity index (χ4v) is 2.93. The summed E-state index contributed by atoms with van der Waals surface area (Å²) in [6, 6.07) is 7.63. The maximum absolute atomic E-state index is 12.0. The normalized spacial score (nSPS) is 13.4. The van der Waals surface area contributed by atoms with Gasteiger partial charge in [-0.25, -0.2) is 13.1 Å². The SMILES string of the molecule is CCc1ccc(C(C)NS(=O)(=O)c2cn[nH]c2)cc1. The topological polar surface area (TPSA) is 74.8 Å². The highest BCUT2D eigenvalue weighted by atomic mass is 32.2. The van der Waals surface area contributed by atoms with Crippen LogP contribution in [0.2, 0.25) is 0 Å². The van der Waals surface area contributed by atoms with Crippen LogP contribution in [0.25, 0.3) is 0 Å². The van der Waals surface area contributed by atoms with E-state index in [0.29, 0.717) is 0 Å². The van der Waals surface area contributed by atoms with Gasteiger partial charge in [-0.05, 0) is 24.5 Å². The monoisotopic (exact) mass is 279 g/mol. The molecule has 19 heavy (non-hydrogen) atoms. The second-order valence-corrected chi connectivity index (χ2v) is 6.09. The number of hydrogen-bond acceptors (Lipinski definition) is 3. The standard InChI is InChI=1S/C13H17N3O2S/c1-3-11-4-6-12(7-5-11)10(2)16-19(17,18)13-8-14-15-9-13/h4-10,16H,3H2,1-2H3,(H,14,15). The molecule has 0 radical (unpaired) electrons. The van der Waals surface area contributed by atoms with Gasteiger partial charge in [0.2, 0.25) is 10.0 Å². The van der Waals surface area contributed by atoms with Crippen LogP contribution in [0.3, 0.4) is 0 Å². The minimum Gasteiger partial charge on any atom is -0.284 e. The predicted molar refractivity (Wildman–Crippen MR) is 73.1 cm³/mol. The van der Waals surface area contributed by atoms with Crippen molar-refractivity contribution in [2.24, 2.45) is 0 Å². The molecule has 2 N–H and O–H groups in total. The van der Waals surface area contributed by atoms with Gasteiger partial charge in [-0.3, -0.25) is 5.10 Å². The summed E-state index contributed by atoms with van der Waals surface area (Å²) in [5, 5.41) is 6.14. The molecule has 0 amide bonds. The molecule has 0 saturated carbocycles. The van der Waals surface area contributed by atoms with E-state index in [0.717, 1.165) is 12.0 Å². The van der Waals surface area contributed by atoms with E-state index in [2.05, 4.69) is 21.8 Å². The summed E-state index contributed by atoms with van der Waals surface area (Å²) in [5.74, 6) is 0. The van der Waals surface area contributed by atoms with Crippen molar-refractivity contribution in [1.29, 1.82) is 0 Å². The van der Waals surface area contributed by atoms with Gasteiger partial charge in [0.15, 0.2) is 0 Å².